The third-order valence-electron chi connectivity index (χ3n) is 3.27. The van der Waals surface area contributed by atoms with Crippen LogP contribution in [-0.2, 0) is 6.54 Å². The van der Waals surface area contributed by atoms with Crippen LogP contribution in [0.4, 0.5) is 4.39 Å². The predicted octanol–water partition coefficient (Wildman–Crippen LogP) is 4.28. The molecule has 1 N–H and O–H groups in total. The number of hydrogen-bond donors (Lipinski definition) is 1. The zero-order valence-corrected chi connectivity index (χ0v) is 12.3. The van der Waals surface area contributed by atoms with E-state index in [0.717, 1.165) is 15.8 Å². The number of fused-ring (bicyclic) bond motifs is 1. The van der Waals surface area contributed by atoms with Gasteiger partial charge in [0.25, 0.3) is 5.91 Å². The third kappa shape index (κ3) is 2.95. The Morgan fingerprint density at radius 3 is 2.76 bits per heavy atom. The van der Waals surface area contributed by atoms with Crippen molar-refractivity contribution in [3.05, 3.63) is 70.4 Å². The summed E-state index contributed by atoms with van der Waals surface area (Å²) in [5, 5.41) is 3.37. The first-order valence-corrected chi connectivity index (χ1v) is 7.47. The molecule has 21 heavy (non-hydrogen) atoms. The van der Waals surface area contributed by atoms with Gasteiger partial charge in [0.1, 0.15) is 5.82 Å². The number of hydrogen-bond acceptors (Lipinski definition) is 2. The standard InChI is InChI=1S/C17H14FNOS/c1-11-4-2-5-12(8-11)10-19-17(20)16-9-13-14(18)6-3-7-15(13)21-16/h2-9H,10H2,1H3,(H,19,20). The molecule has 3 rings (SSSR count). The molecule has 4 heteroatoms. The molecule has 106 valence electrons. The van der Waals surface area contributed by atoms with Crippen LogP contribution in [0.1, 0.15) is 20.8 Å². The Labute approximate surface area is 126 Å². The topological polar surface area (TPSA) is 29.1 Å². The average molecular weight is 299 g/mol. The Morgan fingerprint density at radius 1 is 1.19 bits per heavy atom. The van der Waals surface area contributed by atoms with Crippen molar-refractivity contribution >= 4 is 27.3 Å². The van der Waals surface area contributed by atoms with Gasteiger partial charge in [-0.1, -0.05) is 35.9 Å². The van der Waals surface area contributed by atoms with Crippen molar-refractivity contribution in [3.8, 4) is 0 Å². The first-order valence-electron chi connectivity index (χ1n) is 6.65. The lowest BCUT2D eigenvalue weighted by Gasteiger charge is -2.04. The predicted molar refractivity (Wildman–Crippen MR) is 84.1 cm³/mol. The summed E-state index contributed by atoms with van der Waals surface area (Å²) in [6, 6.07) is 14.5. The highest BCUT2D eigenvalue weighted by molar-refractivity contribution is 7.20. The molecule has 1 heterocycles. The number of thiophene rings is 1. The monoisotopic (exact) mass is 299 g/mol. The van der Waals surface area contributed by atoms with Gasteiger partial charge < -0.3 is 5.32 Å². The van der Waals surface area contributed by atoms with E-state index in [9.17, 15) is 9.18 Å². The van der Waals surface area contributed by atoms with Gasteiger partial charge in [-0.25, -0.2) is 4.39 Å². The summed E-state index contributed by atoms with van der Waals surface area (Å²) in [4.78, 5) is 12.7. The van der Waals surface area contributed by atoms with Crippen LogP contribution in [0, 0.1) is 12.7 Å². The number of aryl methyl sites for hydroxylation is 1. The summed E-state index contributed by atoms with van der Waals surface area (Å²) in [5.74, 6) is -0.460. The van der Waals surface area contributed by atoms with Crippen molar-refractivity contribution in [3.63, 3.8) is 0 Å². The second-order valence-corrected chi connectivity index (χ2v) is 6.02. The molecule has 0 spiro atoms. The first kappa shape index (κ1) is 13.8. The Kier molecular flexibility index (Phi) is 3.71. The van der Waals surface area contributed by atoms with Crippen molar-refractivity contribution < 1.29 is 9.18 Å². The fraction of sp³-hybridized carbons (Fsp3) is 0.118. The van der Waals surface area contributed by atoms with Gasteiger partial charge in [0.15, 0.2) is 0 Å². The number of benzene rings is 2. The summed E-state index contributed by atoms with van der Waals surface area (Å²) >= 11 is 1.31. The van der Waals surface area contributed by atoms with E-state index in [0.29, 0.717) is 16.8 Å². The van der Waals surface area contributed by atoms with Crippen molar-refractivity contribution in [2.24, 2.45) is 0 Å². The molecule has 0 unspecified atom stereocenters. The molecule has 2 aromatic carbocycles. The maximum Gasteiger partial charge on any atom is 0.261 e. The molecule has 0 saturated carbocycles. The highest BCUT2D eigenvalue weighted by Gasteiger charge is 2.12. The van der Waals surface area contributed by atoms with E-state index in [1.807, 2.05) is 37.3 Å². The molecule has 0 aliphatic heterocycles. The minimum atomic E-state index is -0.290. The van der Waals surface area contributed by atoms with Crippen LogP contribution in [0.2, 0.25) is 0 Å². The quantitative estimate of drug-likeness (QED) is 0.768. The second-order valence-electron chi connectivity index (χ2n) is 4.93. The number of carbonyl (C=O) groups is 1. The summed E-state index contributed by atoms with van der Waals surface area (Å²) in [6.07, 6.45) is 0. The molecule has 0 fully saturated rings. The Balaban J connectivity index is 1.76. The molecule has 2 nitrogen and oxygen atoms in total. The summed E-state index contributed by atoms with van der Waals surface area (Å²) in [6.45, 7) is 2.48. The SMILES string of the molecule is Cc1cccc(CNC(=O)c2cc3c(F)cccc3s2)c1. The van der Waals surface area contributed by atoms with Crippen LogP contribution in [0.15, 0.2) is 48.5 Å². The van der Waals surface area contributed by atoms with E-state index in [1.165, 1.54) is 17.4 Å². The summed E-state index contributed by atoms with van der Waals surface area (Å²) < 4.78 is 14.4. The molecular weight excluding hydrogens is 285 g/mol. The fourth-order valence-electron chi connectivity index (χ4n) is 2.23. The number of carbonyl (C=O) groups excluding carboxylic acids is 1. The van der Waals surface area contributed by atoms with Gasteiger partial charge in [-0.2, -0.15) is 0 Å². The third-order valence-corrected chi connectivity index (χ3v) is 4.37. The molecule has 0 radical (unpaired) electrons. The van der Waals surface area contributed by atoms with E-state index in [2.05, 4.69) is 5.32 Å². The van der Waals surface area contributed by atoms with Crippen LogP contribution < -0.4 is 5.32 Å². The van der Waals surface area contributed by atoms with E-state index in [1.54, 1.807) is 12.1 Å². The van der Waals surface area contributed by atoms with Gasteiger partial charge in [-0.05, 0) is 30.7 Å². The molecule has 0 atom stereocenters. The van der Waals surface area contributed by atoms with Gasteiger partial charge in [-0.15, -0.1) is 11.3 Å². The van der Waals surface area contributed by atoms with E-state index < -0.39 is 0 Å². The Bertz CT molecular complexity index is 809. The molecule has 0 saturated heterocycles. The minimum Gasteiger partial charge on any atom is -0.347 e. The smallest absolute Gasteiger partial charge is 0.261 e. The van der Waals surface area contributed by atoms with Crippen molar-refractivity contribution in [1.82, 2.24) is 5.32 Å². The highest BCUT2D eigenvalue weighted by atomic mass is 32.1. The molecule has 0 aliphatic rings. The second kappa shape index (κ2) is 5.66. The number of rotatable bonds is 3. The van der Waals surface area contributed by atoms with Crippen LogP contribution in [-0.4, -0.2) is 5.91 Å². The largest absolute Gasteiger partial charge is 0.347 e. The minimum absolute atomic E-state index is 0.169. The van der Waals surface area contributed by atoms with Crippen LogP contribution in [0.25, 0.3) is 10.1 Å². The van der Waals surface area contributed by atoms with Crippen molar-refractivity contribution in [2.45, 2.75) is 13.5 Å². The Morgan fingerprint density at radius 2 is 2.00 bits per heavy atom. The Hall–Kier alpha value is -2.20. The maximum atomic E-state index is 13.6. The van der Waals surface area contributed by atoms with Gasteiger partial charge in [0.2, 0.25) is 0 Å². The lowest BCUT2D eigenvalue weighted by atomic mass is 10.1. The van der Waals surface area contributed by atoms with Gasteiger partial charge in [0, 0.05) is 16.6 Å². The molecule has 3 aromatic rings. The van der Waals surface area contributed by atoms with E-state index >= 15 is 0 Å². The van der Waals surface area contributed by atoms with Crippen LogP contribution in [0.5, 0.6) is 0 Å². The molecule has 0 aliphatic carbocycles. The number of amides is 1. The van der Waals surface area contributed by atoms with E-state index in [4.69, 9.17) is 0 Å². The molecule has 0 bridgehead atoms. The summed E-state index contributed by atoms with van der Waals surface area (Å²) in [7, 11) is 0. The van der Waals surface area contributed by atoms with Crippen LogP contribution in [0.3, 0.4) is 0 Å². The zero-order chi connectivity index (χ0) is 14.8. The maximum absolute atomic E-state index is 13.6. The number of nitrogens with one attached hydrogen (secondary N) is 1. The van der Waals surface area contributed by atoms with Crippen LogP contribution >= 0.6 is 11.3 Å². The normalized spacial score (nSPS) is 10.8. The zero-order valence-electron chi connectivity index (χ0n) is 11.5. The molecule has 1 aromatic heterocycles. The van der Waals surface area contributed by atoms with Gasteiger partial charge in [-0.3, -0.25) is 4.79 Å². The highest BCUT2D eigenvalue weighted by Crippen LogP contribution is 2.27. The molecule has 1 amide bonds. The summed E-state index contributed by atoms with van der Waals surface area (Å²) in [5.41, 5.74) is 2.21. The van der Waals surface area contributed by atoms with Gasteiger partial charge >= 0.3 is 0 Å². The average Bonchev–Trinajstić information content (AvgIpc) is 2.90. The fourth-order valence-corrected chi connectivity index (χ4v) is 3.22. The lowest BCUT2D eigenvalue weighted by Crippen LogP contribution is -2.21. The van der Waals surface area contributed by atoms with Gasteiger partial charge in [0.05, 0.1) is 4.88 Å². The number of halogens is 1. The molecular formula is C17H14FNOS. The lowest BCUT2D eigenvalue weighted by molar-refractivity contribution is 0.0955. The van der Waals surface area contributed by atoms with Crippen molar-refractivity contribution in [2.75, 3.05) is 0 Å². The van der Waals surface area contributed by atoms with E-state index in [-0.39, 0.29) is 11.7 Å². The van der Waals surface area contributed by atoms with Crippen molar-refractivity contribution in [1.29, 1.82) is 0 Å². The first-order chi connectivity index (χ1) is 10.1.